The highest BCUT2D eigenvalue weighted by atomic mass is 35.5. The van der Waals surface area contributed by atoms with Crippen LogP contribution in [-0.4, -0.2) is 23.7 Å². The van der Waals surface area contributed by atoms with E-state index in [-0.39, 0.29) is 30.7 Å². The van der Waals surface area contributed by atoms with Gasteiger partial charge < -0.3 is 27.2 Å². The number of anilines is 1. The van der Waals surface area contributed by atoms with Crippen LogP contribution in [0.25, 0.3) is 11.3 Å². The number of ether oxygens (including phenoxy) is 2. The predicted molar refractivity (Wildman–Crippen MR) is 104 cm³/mol. The summed E-state index contributed by atoms with van der Waals surface area (Å²) in [5.41, 5.74) is 2.62. The molecule has 30 heavy (non-hydrogen) atoms. The molecular formula is C22H21ClFN3O3. The molecule has 0 atom stereocenters. The Morgan fingerprint density at radius 3 is 2.67 bits per heavy atom. The Morgan fingerprint density at radius 2 is 1.87 bits per heavy atom. The number of nitrogens with one attached hydrogen (secondary N) is 1. The van der Waals surface area contributed by atoms with Crippen LogP contribution in [0.4, 0.5) is 10.1 Å². The summed E-state index contributed by atoms with van der Waals surface area (Å²) in [7, 11) is 0. The number of nitrogens with zero attached hydrogens (tertiary/aromatic N) is 2. The van der Waals surface area contributed by atoms with Crippen molar-refractivity contribution in [2.45, 2.75) is 25.9 Å². The van der Waals surface area contributed by atoms with Crippen LogP contribution >= 0.6 is 0 Å². The number of hydrogen-bond donors (Lipinski definition) is 1. The Bertz CT molecular complexity index is 1080. The van der Waals surface area contributed by atoms with Crippen molar-refractivity contribution < 1.29 is 35.6 Å². The van der Waals surface area contributed by atoms with Gasteiger partial charge >= 0.3 is 0 Å². The molecule has 6 nitrogen and oxygen atoms in total. The van der Waals surface area contributed by atoms with Crippen LogP contribution in [0, 0.1) is 5.82 Å². The number of imidazole rings is 1. The highest BCUT2D eigenvalue weighted by Gasteiger charge is 2.29. The van der Waals surface area contributed by atoms with Crippen molar-refractivity contribution in [2.24, 2.45) is 0 Å². The first-order valence-electron chi connectivity index (χ1n) is 9.75. The van der Waals surface area contributed by atoms with E-state index in [4.69, 9.17) is 9.47 Å². The Balaban J connectivity index is 0.00000218. The van der Waals surface area contributed by atoms with Crippen LogP contribution in [0.15, 0.2) is 48.7 Å². The van der Waals surface area contributed by atoms with Gasteiger partial charge in [0, 0.05) is 17.3 Å². The Hall–Kier alpha value is -3.06. The summed E-state index contributed by atoms with van der Waals surface area (Å²) < 4.78 is 28.6. The average Bonchev–Trinajstić information content (AvgIpc) is 3.33. The summed E-state index contributed by atoms with van der Waals surface area (Å²) >= 11 is 0. The minimum atomic E-state index is -0.256. The normalized spacial score (nSPS) is 14.0. The van der Waals surface area contributed by atoms with Gasteiger partial charge in [0.05, 0.1) is 13.0 Å². The number of aromatic nitrogens is 2. The van der Waals surface area contributed by atoms with Crippen molar-refractivity contribution in [3.8, 4) is 22.8 Å². The fourth-order valence-corrected chi connectivity index (χ4v) is 3.97. The lowest BCUT2D eigenvalue weighted by Gasteiger charge is -2.18. The maximum Gasteiger partial charge on any atom is 0.266 e. The SMILES string of the molecule is O=C(C[n+]1cc(-c2ccc(F)cc2)n2c1CCC2)Nc1ccc2c(c1)OCCO2.[Cl-]. The molecule has 0 saturated carbocycles. The summed E-state index contributed by atoms with van der Waals surface area (Å²) in [5.74, 6) is 2.08. The van der Waals surface area contributed by atoms with E-state index in [2.05, 4.69) is 9.88 Å². The number of carbonyl (C=O) groups excluding carboxylic acids is 1. The molecule has 1 N–H and O–H groups in total. The molecule has 8 heteroatoms. The minimum absolute atomic E-state index is 0. The van der Waals surface area contributed by atoms with E-state index in [1.807, 2.05) is 16.8 Å². The second-order valence-electron chi connectivity index (χ2n) is 7.23. The van der Waals surface area contributed by atoms with Gasteiger partial charge in [-0.1, -0.05) is 0 Å². The Labute approximate surface area is 179 Å². The van der Waals surface area contributed by atoms with E-state index in [1.54, 1.807) is 24.3 Å². The molecule has 5 rings (SSSR count). The van der Waals surface area contributed by atoms with Crippen LogP contribution in [0.5, 0.6) is 11.5 Å². The van der Waals surface area contributed by atoms with Crippen molar-refractivity contribution in [3.63, 3.8) is 0 Å². The van der Waals surface area contributed by atoms with E-state index in [0.717, 1.165) is 36.5 Å². The second kappa shape index (κ2) is 8.36. The van der Waals surface area contributed by atoms with Crippen molar-refractivity contribution in [2.75, 3.05) is 18.5 Å². The standard InChI is InChI=1S/C22H20FN3O3.ClH/c23-16-5-3-15(4-6-16)18-13-25(22-2-1-9-26(18)22)14-21(27)24-17-7-8-19-20(12-17)29-11-10-28-19;/h3-8,12-13H,1-2,9-11,14H2;1H. The topological polar surface area (TPSA) is 56.4 Å². The maximum atomic E-state index is 13.3. The first-order chi connectivity index (χ1) is 14.2. The smallest absolute Gasteiger partial charge is 0.266 e. The quantitative estimate of drug-likeness (QED) is 0.591. The molecule has 156 valence electrons. The first kappa shape index (κ1) is 20.2. The van der Waals surface area contributed by atoms with Crippen molar-refractivity contribution in [1.29, 1.82) is 0 Å². The number of fused-ring (bicyclic) bond motifs is 2. The molecule has 2 aliphatic heterocycles. The molecule has 0 radical (unpaired) electrons. The van der Waals surface area contributed by atoms with Gasteiger partial charge in [0.25, 0.3) is 11.7 Å². The van der Waals surface area contributed by atoms with Gasteiger partial charge in [-0.2, -0.15) is 0 Å². The van der Waals surface area contributed by atoms with Crippen LogP contribution < -0.4 is 31.8 Å². The lowest BCUT2D eigenvalue weighted by atomic mass is 10.1. The number of amides is 1. The number of carbonyl (C=O) groups is 1. The molecule has 0 fully saturated rings. The highest BCUT2D eigenvalue weighted by molar-refractivity contribution is 5.90. The van der Waals surface area contributed by atoms with Crippen LogP contribution in [0.3, 0.4) is 0 Å². The van der Waals surface area contributed by atoms with Crippen LogP contribution in [0.1, 0.15) is 12.2 Å². The fourth-order valence-electron chi connectivity index (χ4n) is 3.97. The van der Waals surface area contributed by atoms with Crippen molar-refractivity contribution in [1.82, 2.24) is 4.57 Å². The summed E-state index contributed by atoms with van der Waals surface area (Å²) in [5, 5.41) is 2.93. The molecule has 2 aromatic carbocycles. The monoisotopic (exact) mass is 429 g/mol. The lowest BCUT2D eigenvalue weighted by Crippen LogP contribution is -3.00. The first-order valence-corrected chi connectivity index (χ1v) is 9.75. The minimum Gasteiger partial charge on any atom is -1.00 e. The summed E-state index contributed by atoms with van der Waals surface area (Å²) in [4.78, 5) is 12.7. The predicted octanol–water partition coefficient (Wildman–Crippen LogP) is -0.0582. The zero-order valence-electron chi connectivity index (χ0n) is 16.2. The molecule has 0 aliphatic carbocycles. The molecule has 3 heterocycles. The van der Waals surface area contributed by atoms with Crippen molar-refractivity contribution >= 4 is 11.6 Å². The highest BCUT2D eigenvalue weighted by Crippen LogP contribution is 2.32. The fraction of sp³-hybridized carbons (Fsp3) is 0.273. The summed E-state index contributed by atoms with van der Waals surface area (Å²) in [6.45, 7) is 2.15. The molecule has 1 amide bonds. The van der Waals surface area contributed by atoms with Crippen LogP contribution in [0.2, 0.25) is 0 Å². The third-order valence-electron chi connectivity index (χ3n) is 5.27. The number of hydrogen-bond acceptors (Lipinski definition) is 3. The molecule has 0 saturated heterocycles. The second-order valence-corrected chi connectivity index (χ2v) is 7.23. The van der Waals surface area contributed by atoms with Gasteiger partial charge in [0.15, 0.2) is 23.7 Å². The molecule has 2 aliphatic rings. The van der Waals surface area contributed by atoms with E-state index in [9.17, 15) is 9.18 Å². The largest absolute Gasteiger partial charge is 1.00 e. The van der Waals surface area contributed by atoms with Crippen molar-refractivity contribution in [3.05, 3.63) is 60.3 Å². The number of rotatable bonds is 4. The molecule has 0 spiro atoms. The van der Waals surface area contributed by atoms with Gasteiger partial charge in [-0.15, -0.1) is 0 Å². The zero-order valence-corrected chi connectivity index (χ0v) is 17.0. The summed E-state index contributed by atoms with van der Waals surface area (Å²) in [6.07, 6.45) is 3.93. The average molecular weight is 430 g/mol. The van der Waals surface area contributed by atoms with E-state index in [0.29, 0.717) is 30.4 Å². The Morgan fingerprint density at radius 1 is 1.10 bits per heavy atom. The number of benzene rings is 2. The maximum absolute atomic E-state index is 13.3. The van der Waals surface area contributed by atoms with Gasteiger partial charge in [-0.05, 0) is 42.8 Å². The summed E-state index contributed by atoms with van der Waals surface area (Å²) in [6, 6.07) is 11.9. The van der Waals surface area contributed by atoms with E-state index < -0.39 is 0 Å². The van der Waals surface area contributed by atoms with E-state index in [1.165, 1.54) is 12.1 Å². The van der Waals surface area contributed by atoms with E-state index >= 15 is 0 Å². The third kappa shape index (κ3) is 3.85. The molecule has 0 unspecified atom stereocenters. The van der Waals surface area contributed by atoms with Gasteiger partial charge in [0.2, 0.25) is 0 Å². The third-order valence-corrected chi connectivity index (χ3v) is 5.27. The molecule has 0 bridgehead atoms. The lowest BCUT2D eigenvalue weighted by molar-refractivity contribution is -0.690. The Kier molecular flexibility index (Phi) is 5.63. The van der Waals surface area contributed by atoms with Crippen LogP contribution in [-0.2, 0) is 24.3 Å². The van der Waals surface area contributed by atoms with Gasteiger partial charge in [-0.25, -0.2) is 13.5 Å². The molecular weight excluding hydrogens is 409 g/mol. The molecule has 1 aromatic heterocycles. The van der Waals surface area contributed by atoms with Gasteiger partial charge in [-0.3, -0.25) is 4.79 Å². The number of halogens is 2. The van der Waals surface area contributed by atoms with Gasteiger partial charge in [0.1, 0.15) is 25.2 Å². The molecule has 3 aromatic rings. The zero-order chi connectivity index (χ0) is 19.8.